The molecule has 9 heteroatoms. The summed E-state index contributed by atoms with van der Waals surface area (Å²) in [6, 6.07) is 8.18. The van der Waals surface area contributed by atoms with Crippen LogP contribution in [-0.4, -0.2) is 35.0 Å². The Hall–Kier alpha value is -3.20. The average Bonchev–Trinajstić information content (AvgIpc) is 3.40. The number of anilines is 1. The van der Waals surface area contributed by atoms with Gasteiger partial charge in [0.05, 0.1) is 30.0 Å². The number of nitrogens with one attached hydrogen (secondary N) is 1. The molecule has 2 unspecified atom stereocenters. The maximum atomic E-state index is 13.3. The number of carbonyl (C=O) groups is 2. The van der Waals surface area contributed by atoms with E-state index in [1.165, 1.54) is 17.0 Å². The third-order valence-electron chi connectivity index (χ3n) is 6.10. The van der Waals surface area contributed by atoms with Crippen LogP contribution < -0.4 is 10.2 Å². The minimum absolute atomic E-state index is 0.0684. The summed E-state index contributed by atoms with van der Waals surface area (Å²) in [7, 11) is 0. The van der Waals surface area contributed by atoms with Gasteiger partial charge in [0.1, 0.15) is 5.60 Å². The number of carbonyl (C=O) groups excluding carboxylic acids is 2. The van der Waals surface area contributed by atoms with E-state index in [-0.39, 0.29) is 24.7 Å². The third kappa shape index (κ3) is 3.20. The number of ether oxygens (including phenoxy) is 1. The van der Waals surface area contributed by atoms with Gasteiger partial charge >= 0.3 is 6.18 Å². The molecule has 160 valence electrons. The largest absolute Gasteiger partial charge is 0.416 e. The Morgan fingerprint density at radius 2 is 2.03 bits per heavy atom. The zero-order valence-corrected chi connectivity index (χ0v) is 16.2. The highest BCUT2D eigenvalue weighted by molar-refractivity contribution is 6.03. The lowest BCUT2D eigenvalue weighted by atomic mass is 9.77. The van der Waals surface area contributed by atoms with Gasteiger partial charge in [0.2, 0.25) is 11.8 Å². The van der Waals surface area contributed by atoms with E-state index in [0.29, 0.717) is 0 Å². The number of amides is 2. The minimum atomic E-state index is -4.52. The summed E-state index contributed by atoms with van der Waals surface area (Å²) in [6.45, 7) is 0.346. The normalized spacial score (nSPS) is 28.8. The molecule has 0 radical (unpaired) electrons. The Morgan fingerprint density at radius 1 is 1.26 bits per heavy atom. The van der Waals surface area contributed by atoms with E-state index in [0.717, 1.165) is 17.7 Å². The van der Waals surface area contributed by atoms with Crippen LogP contribution in [0.25, 0.3) is 0 Å². The lowest BCUT2D eigenvalue weighted by Crippen LogP contribution is -2.44. The van der Waals surface area contributed by atoms with Gasteiger partial charge in [-0.3, -0.25) is 14.6 Å². The highest BCUT2D eigenvalue weighted by Crippen LogP contribution is 2.52. The molecular weight excluding hydrogens is 411 g/mol. The van der Waals surface area contributed by atoms with Gasteiger partial charge in [-0.2, -0.15) is 13.2 Å². The Bertz CT molecular complexity index is 1070. The molecule has 1 spiro atoms. The predicted molar refractivity (Wildman–Crippen MR) is 104 cm³/mol. The standard InChI is InChI=1S/C22H18F3N3O3/c23-22(24,25)14-2-1-3-15(10-14)28-12-21-7-4-16(31-21)17(18(21)20(28)30)19(29)27-11-13-5-8-26-9-6-13/h1-10,16-18H,11-12H2,(H,27,29)/t16-,17?,18?,21+/m0/s1. The fourth-order valence-corrected chi connectivity index (χ4v) is 4.67. The highest BCUT2D eigenvalue weighted by atomic mass is 19.4. The van der Waals surface area contributed by atoms with Crippen molar-refractivity contribution in [2.75, 3.05) is 11.4 Å². The number of hydrogen-bond donors (Lipinski definition) is 1. The second kappa shape index (κ2) is 6.91. The number of fused-ring (bicyclic) bond motifs is 1. The molecule has 2 fully saturated rings. The highest BCUT2D eigenvalue weighted by Gasteiger charge is 2.67. The van der Waals surface area contributed by atoms with Gasteiger partial charge in [-0.1, -0.05) is 18.2 Å². The Kier molecular flexibility index (Phi) is 4.40. The fraction of sp³-hybridized carbons (Fsp3) is 0.318. The zero-order chi connectivity index (χ0) is 21.8. The van der Waals surface area contributed by atoms with Crippen LogP contribution in [0.15, 0.2) is 60.9 Å². The summed E-state index contributed by atoms with van der Waals surface area (Å²) >= 11 is 0. The van der Waals surface area contributed by atoms with Crippen molar-refractivity contribution in [2.24, 2.45) is 11.8 Å². The van der Waals surface area contributed by atoms with E-state index in [4.69, 9.17) is 4.74 Å². The van der Waals surface area contributed by atoms with Crippen molar-refractivity contribution in [3.63, 3.8) is 0 Å². The summed E-state index contributed by atoms with van der Waals surface area (Å²) in [6.07, 6.45) is 1.71. The van der Waals surface area contributed by atoms with Gasteiger partial charge in [0, 0.05) is 24.6 Å². The van der Waals surface area contributed by atoms with E-state index >= 15 is 0 Å². The molecule has 3 aliphatic heterocycles. The van der Waals surface area contributed by atoms with Crippen LogP contribution in [0.3, 0.4) is 0 Å². The van der Waals surface area contributed by atoms with Crippen molar-refractivity contribution in [2.45, 2.75) is 24.4 Å². The van der Waals surface area contributed by atoms with Crippen LogP contribution in [0.1, 0.15) is 11.1 Å². The lowest BCUT2D eigenvalue weighted by Gasteiger charge is -2.23. The SMILES string of the molecule is O=C(NCc1ccncc1)C1C2C(=O)N(c3cccc(C(F)(F)F)c3)C[C@]23C=C[C@@H]1O3. The van der Waals surface area contributed by atoms with E-state index in [1.807, 2.05) is 0 Å². The van der Waals surface area contributed by atoms with Crippen molar-refractivity contribution in [3.05, 3.63) is 72.1 Å². The van der Waals surface area contributed by atoms with Crippen molar-refractivity contribution < 1.29 is 27.5 Å². The molecule has 5 rings (SSSR count). The second-order valence-corrected chi connectivity index (χ2v) is 7.95. The molecule has 1 aromatic carbocycles. The first-order valence-corrected chi connectivity index (χ1v) is 9.81. The first-order valence-electron chi connectivity index (χ1n) is 9.81. The molecule has 4 heterocycles. The molecule has 3 aliphatic rings. The van der Waals surface area contributed by atoms with Crippen LogP contribution in [-0.2, 0) is 27.0 Å². The maximum absolute atomic E-state index is 13.3. The Labute approximate surface area is 175 Å². The van der Waals surface area contributed by atoms with Crippen LogP contribution in [0, 0.1) is 11.8 Å². The van der Waals surface area contributed by atoms with Crippen LogP contribution >= 0.6 is 0 Å². The smallest absolute Gasteiger partial charge is 0.360 e. The van der Waals surface area contributed by atoms with E-state index < -0.39 is 41.2 Å². The minimum Gasteiger partial charge on any atom is -0.360 e. The maximum Gasteiger partial charge on any atom is 0.416 e. The summed E-state index contributed by atoms with van der Waals surface area (Å²) in [4.78, 5) is 31.4. The van der Waals surface area contributed by atoms with Crippen LogP contribution in [0.2, 0.25) is 0 Å². The van der Waals surface area contributed by atoms with Crippen molar-refractivity contribution in [1.29, 1.82) is 0 Å². The number of nitrogens with zero attached hydrogens (tertiary/aromatic N) is 2. The molecule has 0 aliphatic carbocycles. The summed E-state index contributed by atoms with van der Waals surface area (Å²) in [5.74, 6) is -2.25. The molecule has 1 aromatic heterocycles. The number of halogens is 3. The number of rotatable bonds is 4. The molecule has 4 atom stereocenters. The molecule has 0 saturated carbocycles. The predicted octanol–water partition coefficient (Wildman–Crippen LogP) is 2.70. The van der Waals surface area contributed by atoms with Gasteiger partial charge in [-0.15, -0.1) is 0 Å². The zero-order valence-electron chi connectivity index (χ0n) is 16.2. The summed E-state index contributed by atoms with van der Waals surface area (Å²) < 4.78 is 45.4. The van der Waals surface area contributed by atoms with Gasteiger partial charge in [0.25, 0.3) is 0 Å². The number of alkyl halides is 3. The number of hydrogen-bond acceptors (Lipinski definition) is 4. The van der Waals surface area contributed by atoms with Crippen molar-refractivity contribution in [3.8, 4) is 0 Å². The third-order valence-corrected chi connectivity index (χ3v) is 6.10. The van der Waals surface area contributed by atoms with Gasteiger partial charge in [-0.25, -0.2) is 0 Å². The van der Waals surface area contributed by atoms with Gasteiger partial charge in [0.15, 0.2) is 0 Å². The summed E-state index contributed by atoms with van der Waals surface area (Å²) in [5, 5.41) is 2.84. The number of benzene rings is 1. The quantitative estimate of drug-likeness (QED) is 0.759. The molecule has 31 heavy (non-hydrogen) atoms. The Balaban J connectivity index is 1.39. The van der Waals surface area contributed by atoms with E-state index in [1.54, 1.807) is 36.7 Å². The number of aromatic nitrogens is 1. The monoisotopic (exact) mass is 429 g/mol. The topological polar surface area (TPSA) is 71.5 Å². The first kappa shape index (κ1) is 19.7. The molecule has 2 amide bonds. The molecular formula is C22H18F3N3O3. The average molecular weight is 429 g/mol. The van der Waals surface area contributed by atoms with Gasteiger partial charge < -0.3 is 15.0 Å². The molecule has 6 nitrogen and oxygen atoms in total. The lowest BCUT2D eigenvalue weighted by molar-refractivity contribution is -0.137. The second-order valence-electron chi connectivity index (χ2n) is 7.95. The van der Waals surface area contributed by atoms with Crippen molar-refractivity contribution >= 4 is 17.5 Å². The number of pyridine rings is 1. The fourth-order valence-electron chi connectivity index (χ4n) is 4.67. The van der Waals surface area contributed by atoms with E-state index in [2.05, 4.69) is 10.3 Å². The van der Waals surface area contributed by atoms with E-state index in [9.17, 15) is 22.8 Å². The first-order chi connectivity index (χ1) is 14.8. The Morgan fingerprint density at radius 3 is 2.77 bits per heavy atom. The van der Waals surface area contributed by atoms with Crippen molar-refractivity contribution in [1.82, 2.24) is 10.3 Å². The molecule has 1 N–H and O–H groups in total. The van der Waals surface area contributed by atoms with Crippen LogP contribution in [0.5, 0.6) is 0 Å². The molecule has 2 aromatic rings. The molecule has 2 bridgehead atoms. The molecule has 2 saturated heterocycles. The van der Waals surface area contributed by atoms with Gasteiger partial charge in [-0.05, 0) is 35.9 Å². The summed E-state index contributed by atoms with van der Waals surface area (Å²) in [5.41, 5.74) is -0.838. The van der Waals surface area contributed by atoms with Crippen LogP contribution in [0.4, 0.5) is 18.9 Å².